The van der Waals surface area contributed by atoms with Crippen LogP contribution in [0.25, 0.3) is 16.7 Å². The van der Waals surface area contributed by atoms with Crippen molar-refractivity contribution < 1.29 is 4.79 Å². The molecule has 1 atom stereocenters. The second-order valence-electron chi connectivity index (χ2n) is 8.60. The highest BCUT2D eigenvalue weighted by Gasteiger charge is 2.30. The Balaban J connectivity index is 1.32. The summed E-state index contributed by atoms with van der Waals surface area (Å²) in [7, 11) is 0. The van der Waals surface area contributed by atoms with E-state index in [1.54, 1.807) is 10.9 Å². The van der Waals surface area contributed by atoms with Gasteiger partial charge in [0.05, 0.1) is 17.9 Å². The van der Waals surface area contributed by atoms with Crippen LogP contribution in [0.2, 0.25) is 0 Å². The Labute approximate surface area is 186 Å². The van der Waals surface area contributed by atoms with Gasteiger partial charge in [0.1, 0.15) is 5.39 Å². The molecule has 1 unspecified atom stereocenters. The predicted molar refractivity (Wildman–Crippen MR) is 123 cm³/mol. The fourth-order valence-corrected chi connectivity index (χ4v) is 4.67. The molecule has 5 rings (SSSR count). The van der Waals surface area contributed by atoms with Gasteiger partial charge in [-0.25, -0.2) is 4.68 Å². The second kappa shape index (κ2) is 8.74. The maximum Gasteiger partial charge on any atom is 0.263 e. The first-order valence-corrected chi connectivity index (χ1v) is 11.4. The van der Waals surface area contributed by atoms with Crippen molar-refractivity contribution in [3.63, 3.8) is 0 Å². The van der Waals surface area contributed by atoms with E-state index in [1.807, 2.05) is 42.2 Å². The molecule has 168 valence electrons. The fraction of sp³-hybridized carbons (Fsp3) is 0.478. The summed E-state index contributed by atoms with van der Waals surface area (Å²) in [5.41, 5.74) is 1.22. The first kappa shape index (κ1) is 20.7. The summed E-state index contributed by atoms with van der Waals surface area (Å²) in [4.78, 5) is 39.6. The molecule has 0 radical (unpaired) electrons. The first-order chi connectivity index (χ1) is 15.6. The molecule has 9 nitrogen and oxygen atoms in total. The monoisotopic (exact) mass is 435 g/mol. The number of benzene rings is 1. The highest BCUT2D eigenvalue weighted by molar-refractivity contribution is 5.81. The minimum absolute atomic E-state index is 0.121. The van der Waals surface area contributed by atoms with Crippen LogP contribution >= 0.6 is 0 Å². The summed E-state index contributed by atoms with van der Waals surface area (Å²) in [5.74, 6) is 0.785. The summed E-state index contributed by atoms with van der Waals surface area (Å²) in [5, 5.41) is 4.85. The van der Waals surface area contributed by atoms with E-state index in [4.69, 9.17) is 4.98 Å². The number of para-hydroxylation sites is 1. The van der Waals surface area contributed by atoms with Gasteiger partial charge < -0.3 is 9.80 Å². The van der Waals surface area contributed by atoms with Gasteiger partial charge in [-0.15, -0.1) is 0 Å². The van der Waals surface area contributed by atoms with E-state index < -0.39 is 0 Å². The number of piperazine rings is 1. The molecule has 0 spiro atoms. The molecule has 1 N–H and O–H groups in total. The summed E-state index contributed by atoms with van der Waals surface area (Å²) in [6, 6.07) is 9.56. The van der Waals surface area contributed by atoms with Crippen LogP contribution in [-0.2, 0) is 4.79 Å². The summed E-state index contributed by atoms with van der Waals surface area (Å²) < 4.78 is 1.70. The number of aromatic nitrogens is 4. The van der Waals surface area contributed by atoms with Gasteiger partial charge in [-0.2, -0.15) is 10.1 Å². The number of nitrogens with one attached hydrogen (secondary N) is 1. The van der Waals surface area contributed by atoms with Crippen molar-refractivity contribution >= 4 is 22.9 Å². The largest absolute Gasteiger partial charge is 0.341 e. The van der Waals surface area contributed by atoms with Crippen molar-refractivity contribution in [2.24, 2.45) is 0 Å². The van der Waals surface area contributed by atoms with Crippen LogP contribution in [0.15, 0.2) is 41.3 Å². The molecule has 0 aliphatic carbocycles. The number of hydrogen-bond donors (Lipinski definition) is 1. The molecule has 1 aromatic carbocycles. The Bertz CT molecular complexity index is 1140. The van der Waals surface area contributed by atoms with Gasteiger partial charge in [0.25, 0.3) is 5.56 Å². The normalized spacial score (nSPS) is 18.8. The van der Waals surface area contributed by atoms with Gasteiger partial charge >= 0.3 is 0 Å². The third-order valence-corrected chi connectivity index (χ3v) is 6.61. The predicted octanol–water partition coefficient (Wildman–Crippen LogP) is 1.63. The number of H-pyrrole nitrogens is 1. The van der Waals surface area contributed by atoms with E-state index in [9.17, 15) is 9.59 Å². The number of amides is 1. The Morgan fingerprint density at radius 1 is 1.00 bits per heavy atom. The molecule has 3 aromatic rings. The molecule has 2 aliphatic rings. The zero-order valence-corrected chi connectivity index (χ0v) is 18.4. The maximum atomic E-state index is 12.9. The first-order valence-electron chi connectivity index (χ1n) is 11.4. The van der Waals surface area contributed by atoms with Crippen LogP contribution in [0.4, 0.5) is 5.95 Å². The standard InChI is InChI=1S/C23H29N7O2/c1-17(22(32)28-10-6-3-7-11-28)27-12-14-29(15-13-27)23-25-20-19(21(31)26-23)16-24-30(20)18-8-4-2-5-9-18/h2,4-5,8-9,16-17H,3,6-7,10-15H2,1H3,(H,25,26,31). The molecule has 1 amide bonds. The minimum atomic E-state index is -0.191. The molecular weight excluding hydrogens is 406 g/mol. The minimum Gasteiger partial charge on any atom is -0.341 e. The van der Waals surface area contributed by atoms with Crippen LogP contribution < -0.4 is 10.5 Å². The number of carbonyl (C=O) groups is 1. The van der Waals surface area contributed by atoms with Crippen molar-refractivity contribution in [1.82, 2.24) is 29.5 Å². The molecule has 32 heavy (non-hydrogen) atoms. The average Bonchev–Trinajstić information content (AvgIpc) is 3.29. The smallest absolute Gasteiger partial charge is 0.263 e. The van der Waals surface area contributed by atoms with Crippen LogP contribution in [-0.4, -0.2) is 80.8 Å². The second-order valence-corrected chi connectivity index (χ2v) is 8.60. The van der Waals surface area contributed by atoms with E-state index in [2.05, 4.69) is 19.9 Å². The third kappa shape index (κ3) is 3.88. The van der Waals surface area contributed by atoms with E-state index in [1.165, 1.54) is 6.42 Å². The Morgan fingerprint density at radius 2 is 1.72 bits per heavy atom. The average molecular weight is 436 g/mol. The number of aromatic amines is 1. The highest BCUT2D eigenvalue weighted by atomic mass is 16.2. The van der Waals surface area contributed by atoms with Crippen molar-refractivity contribution in [2.45, 2.75) is 32.2 Å². The van der Waals surface area contributed by atoms with Gasteiger partial charge in [0.15, 0.2) is 5.65 Å². The molecular formula is C23H29N7O2. The lowest BCUT2D eigenvalue weighted by atomic mass is 10.1. The van der Waals surface area contributed by atoms with Gasteiger partial charge in [0.2, 0.25) is 11.9 Å². The Kier molecular flexibility index (Phi) is 5.65. The van der Waals surface area contributed by atoms with Crippen LogP contribution in [0.1, 0.15) is 26.2 Å². The van der Waals surface area contributed by atoms with E-state index in [0.29, 0.717) is 30.1 Å². The van der Waals surface area contributed by atoms with Gasteiger partial charge in [-0.3, -0.25) is 19.5 Å². The van der Waals surface area contributed by atoms with E-state index in [0.717, 1.165) is 44.7 Å². The number of likely N-dealkylation sites (tertiary alicyclic amines) is 1. The number of fused-ring (bicyclic) bond motifs is 1. The Hall–Kier alpha value is -3.20. The quantitative estimate of drug-likeness (QED) is 0.670. The SMILES string of the molecule is CC(C(=O)N1CCCCC1)N1CCN(c2nc3c(cnn3-c3ccccc3)c(=O)[nH]2)CC1. The van der Waals surface area contributed by atoms with Crippen LogP contribution in [0.5, 0.6) is 0 Å². The maximum absolute atomic E-state index is 12.9. The lowest BCUT2D eigenvalue weighted by molar-refractivity contribution is -0.137. The molecule has 0 saturated carbocycles. The number of anilines is 1. The fourth-order valence-electron chi connectivity index (χ4n) is 4.67. The number of carbonyl (C=O) groups excluding carboxylic acids is 1. The number of nitrogens with zero attached hydrogens (tertiary/aromatic N) is 6. The van der Waals surface area contributed by atoms with E-state index >= 15 is 0 Å². The lowest BCUT2D eigenvalue weighted by Crippen LogP contribution is -2.55. The molecule has 4 heterocycles. The molecule has 2 fully saturated rings. The molecule has 2 aliphatic heterocycles. The highest BCUT2D eigenvalue weighted by Crippen LogP contribution is 2.19. The van der Waals surface area contributed by atoms with Crippen LogP contribution in [0.3, 0.4) is 0 Å². The number of piperidine rings is 1. The topological polar surface area (TPSA) is 90.4 Å². The lowest BCUT2D eigenvalue weighted by Gasteiger charge is -2.39. The van der Waals surface area contributed by atoms with Crippen LogP contribution in [0, 0.1) is 0 Å². The van der Waals surface area contributed by atoms with Crippen molar-refractivity contribution in [3.05, 3.63) is 46.9 Å². The van der Waals surface area contributed by atoms with Crippen molar-refractivity contribution in [2.75, 3.05) is 44.2 Å². The molecule has 2 saturated heterocycles. The molecule has 9 heteroatoms. The zero-order chi connectivity index (χ0) is 22.1. The van der Waals surface area contributed by atoms with E-state index in [-0.39, 0.29) is 17.5 Å². The molecule has 0 bridgehead atoms. The van der Waals surface area contributed by atoms with Gasteiger partial charge in [-0.1, -0.05) is 18.2 Å². The van der Waals surface area contributed by atoms with Crippen molar-refractivity contribution in [3.8, 4) is 5.69 Å². The third-order valence-electron chi connectivity index (χ3n) is 6.61. The Morgan fingerprint density at radius 3 is 2.44 bits per heavy atom. The zero-order valence-electron chi connectivity index (χ0n) is 18.4. The number of hydrogen-bond acceptors (Lipinski definition) is 6. The molecule has 2 aromatic heterocycles. The summed E-state index contributed by atoms with van der Waals surface area (Å²) in [6.45, 7) is 6.67. The number of rotatable bonds is 4. The van der Waals surface area contributed by atoms with Gasteiger partial charge in [0, 0.05) is 39.3 Å². The summed E-state index contributed by atoms with van der Waals surface area (Å²) >= 11 is 0. The van der Waals surface area contributed by atoms with Crippen molar-refractivity contribution in [1.29, 1.82) is 0 Å². The van der Waals surface area contributed by atoms with Gasteiger partial charge in [-0.05, 0) is 38.3 Å². The summed E-state index contributed by atoms with van der Waals surface area (Å²) in [6.07, 6.45) is 4.99.